The Morgan fingerprint density at radius 2 is 2.11 bits per heavy atom. The third kappa shape index (κ3) is 5.88. The third-order valence-electron chi connectivity index (χ3n) is 5.28. The molecule has 1 aromatic rings. The lowest BCUT2D eigenvalue weighted by atomic mass is 9.95. The highest BCUT2D eigenvalue weighted by atomic mass is 127. The molecule has 152 valence electrons. The Balaban J connectivity index is 0.00000261. The summed E-state index contributed by atoms with van der Waals surface area (Å²) in [5.74, 6) is 3.31. The van der Waals surface area contributed by atoms with Crippen molar-refractivity contribution < 1.29 is 4.74 Å². The summed E-state index contributed by atoms with van der Waals surface area (Å²) < 4.78 is 5.55. The number of nitrogens with one attached hydrogen (secondary N) is 1. The second-order valence-corrected chi connectivity index (χ2v) is 8.49. The normalized spacial score (nSPS) is 23.7. The number of morpholine rings is 1. The average Bonchev–Trinajstić information content (AvgIpc) is 3.15. The van der Waals surface area contributed by atoms with Gasteiger partial charge in [-0.3, -0.25) is 9.89 Å². The number of halogens is 2. The van der Waals surface area contributed by atoms with Crippen molar-refractivity contribution in [2.24, 2.45) is 4.99 Å². The van der Waals surface area contributed by atoms with Crippen molar-refractivity contribution in [3.05, 3.63) is 34.9 Å². The summed E-state index contributed by atoms with van der Waals surface area (Å²) in [5.41, 5.74) is 1.31. The van der Waals surface area contributed by atoms with Crippen LogP contribution >= 0.6 is 47.3 Å². The Labute approximate surface area is 189 Å². The number of thioether (sulfide) groups is 1. The van der Waals surface area contributed by atoms with Gasteiger partial charge in [0.15, 0.2) is 5.96 Å². The van der Waals surface area contributed by atoms with E-state index in [1.807, 2.05) is 25.2 Å². The molecular weight excluding hydrogens is 495 g/mol. The first-order chi connectivity index (χ1) is 12.6. The molecule has 0 bridgehead atoms. The fraction of sp³-hybridized carbons (Fsp3) is 0.632. The third-order valence-corrected chi connectivity index (χ3v) is 6.88. The van der Waals surface area contributed by atoms with E-state index in [9.17, 15) is 0 Å². The molecule has 2 saturated heterocycles. The number of guanidine groups is 1. The topological polar surface area (TPSA) is 40.1 Å². The molecule has 8 heteroatoms. The number of rotatable bonds is 5. The molecule has 2 heterocycles. The summed E-state index contributed by atoms with van der Waals surface area (Å²) in [6.45, 7) is 5.38. The van der Waals surface area contributed by atoms with Gasteiger partial charge in [-0.25, -0.2) is 0 Å². The van der Waals surface area contributed by atoms with Gasteiger partial charge in [0.25, 0.3) is 0 Å². The van der Waals surface area contributed by atoms with Gasteiger partial charge in [0.2, 0.25) is 0 Å². The van der Waals surface area contributed by atoms with Crippen LogP contribution in [0, 0.1) is 0 Å². The van der Waals surface area contributed by atoms with Gasteiger partial charge in [-0.1, -0.05) is 29.8 Å². The van der Waals surface area contributed by atoms with E-state index >= 15 is 0 Å². The minimum atomic E-state index is 0. The maximum atomic E-state index is 6.31. The summed E-state index contributed by atoms with van der Waals surface area (Å²) in [6, 6.07) is 7.98. The van der Waals surface area contributed by atoms with Gasteiger partial charge in [-0.2, -0.15) is 11.8 Å². The van der Waals surface area contributed by atoms with E-state index < -0.39 is 0 Å². The molecule has 3 rings (SSSR count). The Kier molecular flexibility index (Phi) is 9.47. The van der Waals surface area contributed by atoms with Crippen molar-refractivity contribution in [3.8, 4) is 0 Å². The molecule has 2 aliphatic heterocycles. The Hall–Kier alpha value is -0.220. The quantitative estimate of drug-likeness (QED) is 0.364. The molecule has 1 unspecified atom stereocenters. The molecule has 1 aromatic carbocycles. The first-order valence-electron chi connectivity index (χ1n) is 9.20. The van der Waals surface area contributed by atoms with Crippen LogP contribution in [0.4, 0.5) is 0 Å². The van der Waals surface area contributed by atoms with Gasteiger partial charge in [0.1, 0.15) is 0 Å². The standard InChI is InChI=1S/C19H29ClN4OS.HI/c1-21-18(23(2)13-16-5-3-4-6-17(16)20)22-14-19(7-12-26-15-19)24-8-10-25-11-9-24;/h3-6H,7-15H2,1-2H3,(H,21,22);1H. The summed E-state index contributed by atoms with van der Waals surface area (Å²) in [7, 11) is 3.90. The highest BCUT2D eigenvalue weighted by molar-refractivity contribution is 14.0. The second kappa shape index (κ2) is 11.1. The number of ether oxygens (including phenoxy) is 1. The maximum absolute atomic E-state index is 6.31. The average molecular weight is 525 g/mol. The van der Waals surface area contributed by atoms with Crippen LogP contribution in [0.1, 0.15) is 12.0 Å². The van der Waals surface area contributed by atoms with Gasteiger partial charge in [0, 0.05) is 56.6 Å². The van der Waals surface area contributed by atoms with Crippen LogP contribution in [0.15, 0.2) is 29.3 Å². The van der Waals surface area contributed by atoms with Crippen molar-refractivity contribution in [1.29, 1.82) is 0 Å². The number of aliphatic imine (C=N–C) groups is 1. The number of hydrogen-bond acceptors (Lipinski definition) is 4. The summed E-state index contributed by atoms with van der Waals surface area (Å²) >= 11 is 8.37. The molecule has 0 spiro atoms. The van der Waals surface area contributed by atoms with Crippen molar-refractivity contribution in [2.75, 3.05) is 58.4 Å². The fourth-order valence-electron chi connectivity index (χ4n) is 3.72. The van der Waals surface area contributed by atoms with Gasteiger partial charge < -0.3 is 15.0 Å². The summed E-state index contributed by atoms with van der Waals surface area (Å²) in [5, 5.41) is 4.42. The predicted molar refractivity (Wildman–Crippen MR) is 127 cm³/mol. The van der Waals surface area contributed by atoms with Crippen molar-refractivity contribution in [1.82, 2.24) is 15.1 Å². The van der Waals surface area contributed by atoms with E-state index in [0.717, 1.165) is 55.9 Å². The van der Waals surface area contributed by atoms with Crippen LogP contribution in [0.3, 0.4) is 0 Å². The van der Waals surface area contributed by atoms with E-state index in [2.05, 4.69) is 45.0 Å². The summed E-state index contributed by atoms with van der Waals surface area (Å²) in [6.07, 6.45) is 1.22. The molecule has 0 radical (unpaired) electrons. The van der Waals surface area contributed by atoms with E-state index in [0.29, 0.717) is 0 Å². The molecule has 0 saturated carbocycles. The molecule has 2 fully saturated rings. The molecule has 0 aromatic heterocycles. The van der Waals surface area contributed by atoms with Gasteiger partial charge in [-0.15, -0.1) is 24.0 Å². The highest BCUT2D eigenvalue weighted by Gasteiger charge is 2.40. The van der Waals surface area contributed by atoms with E-state index in [4.69, 9.17) is 16.3 Å². The van der Waals surface area contributed by atoms with Crippen molar-refractivity contribution in [2.45, 2.75) is 18.5 Å². The molecule has 27 heavy (non-hydrogen) atoms. The minimum Gasteiger partial charge on any atom is -0.379 e. The first kappa shape index (κ1) is 23.1. The molecular formula is C19H30ClIN4OS. The number of nitrogens with zero attached hydrogens (tertiary/aromatic N) is 3. The summed E-state index contributed by atoms with van der Waals surface area (Å²) in [4.78, 5) is 9.24. The van der Waals surface area contributed by atoms with Crippen LogP contribution < -0.4 is 5.32 Å². The van der Waals surface area contributed by atoms with E-state index in [1.54, 1.807) is 0 Å². The molecule has 1 atom stereocenters. The highest BCUT2D eigenvalue weighted by Crippen LogP contribution is 2.33. The molecule has 1 N–H and O–H groups in total. The largest absolute Gasteiger partial charge is 0.379 e. The zero-order valence-electron chi connectivity index (χ0n) is 16.1. The maximum Gasteiger partial charge on any atom is 0.193 e. The lowest BCUT2D eigenvalue weighted by Gasteiger charge is -2.43. The predicted octanol–water partition coefficient (Wildman–Crippen LogP) is 3.17. The van der Waals surface area contributed by atoms with Gasteiger partial charge in [-0.05, 0) is 23.8 Å². The Morgan fingerprint density at radius 3 is 2.74 bits per heavy atom. The van der Waals surface area contributed by atoms with Gasteiger partial charge in [0.05, 0.1) is 13.2 Å². The van der Waals surface area contributed by atoms with Crippen molar-refractivity contribution >= 4 is 53.3 Å². The Bertz CT molecular complexity index is 621. The molecule has 0 amide bonds. The van der Waals surface area contributed by atoms with Crippen LogP contribution in [0.5, 0.6) is 0 Å². The zero-order chi connectivity index (χ0) is 18.4. The van der Waals surface area contributed by atoms with Crippen molar-refractivity contribution in [3.63, 3.8) is 0 Å². The smallest absolute Gasteiger partial charge is 0.193 e. The number of hydrogen-bond donors (Lipinski definition) is 1. The van der Waals surface area contributed by atoms with E-state index in [1.165, 1.54) is 17.9 Å². The molecule has 0 aliphatic carbocycles. The SMILES string of the molecule is CN=C(NCC1(N2CCOCC2)CCSC1)N(C)Cc1ccccc1Cl.I. The lowest BCUT2D eigenvalue weighted by Crippen LogP contribution is -2.60. The molecule has 2 aliphatic rings. The second-order valence-electron chi connectivity index (χ2n) is 6.97. The zero-order valence-corrected chi connectivity index (χ0v) is 20.0. The van der Waals surface area contributed by atoms with Crippen LogP contribution in [0.25, 0.3) is 0 Å². The van der Waals surface area contributed by atoms with Crippen LogP contribution in [-0.2, 0) is 11.3 Å². The molecule has 5 nitrogen and oxygen atoms in total. The monoisotopic (exact) mass is 524 g/mol. The van der Waals surface area contributed by atoms with Gasteiger partial charge >= 0.3 is 0 Å². The van der Waals surface area contributed by atoms with Crippen LogP contribution in [-0.4, -0.2) is 79.7 Å². The lowest BCUT2D eigenvalue weighted by molar-refractivity contribution is -0.0121. The Morgan fingerprint density at radius 1 is 1.37 bits per heavy atom. The van der Waals surface area contributed by atoms with E-state index in [-0.39, 0.29) is 29.5 Å². The first-order valence-corrected chi connectivity index (χ1v) is 10.7. The van der Waals surface area contributed by atoms with Crippen LogP contribution in [0.2, 0.25) is 5.02 Å². The minimum absolute atomic E-state index is 0. The fourth-order valence-corrected chi connectivity index (χ4v) is 5.39. The number of benzene rings is 1.